The van der Waals surface area contributed by atoms with Crippen LogP contribution in [-0.2, 0) is 25.5 Å². The molecular weight excluding hydrogens is 669 g/mol. The van der Waals surface area contributed by atoms with Crippen molar-refractivity contribution in [2.75, 3.05) is 12.0 Å². The summed E-state index contributed by atoms with van der Waals surface area (Å²) in [6, 6.07) is 6.96. The molecule has 12 heteroatoms. The lowest BCUT2D eigenvalue weighted by molar-refractivity contribution is -0.131. The first-order valence-electron chi connectivity index (χ1n) is 18.5. The average Bonchev–Trinajstić information content (AvgIpc) is 3.02. The molecule has 0 radical (unpaired) electrons. The molecule has 11 nitrogen and oxygen atoms in total. The van der Waals surface area contributed by atoms with Gasteiger partial charge in [-0.05, 0) is 94.6 Å². The molecule has 0 aromatic heterocycles. The van der Waals surface area contributed by atoms with Gasteiger partial charge in [-0.2, -0.15) is 11.8 Å². The highest BCUT2D eigenvalue weighted by molar-refractivity contribution is 7.98. The topological polar surface area (TPSA) is 166 Å². The normalized spacial score (nSPS) is 16.1. The highest BCUT2D eigenvalue weighted by atomic mass is 32.2. The third-order valence-electron chi connectivity index (χ3n) is 8.51. The van der Waals surface area contributed by atoms with Gasteiger partial charge in [0.25, 0.3) is 0 Å². The van der Waals surface area contributed by atoms with E-state index in [2.05, 4.69) is 21.3 Å². The van der Waals surface area contributed by atoms with E-state index in [0.717, 1.165) is 5.56 Å². The molecule has 0 saturated carbocycles. The van der Waals surface area contributed by atoms with Crippen LogP contribution in [0.15, 0.2) is 30.3 Å². The molecule has 0 bridgehead atoms. The van der Waals surface area contributed by atoms with Crippen molar-refractivity contribution in [1.82, 2.24) is 21.3 Å². The zero-order valence-corrected chi connectivity index (χ0v) is 33.8. The Morgan fingerprint density at radius 3 is 1.78 bits per heavy atom. The third kappa shape index (κ3) is 19.0. The van der Waals surface area contributed by atoms with Crippen LogP contribution in [0.5, 0.6) is 0 Å². The van der Waals surface area contributed by atoms with Gasteiger partial charge in [-0.25, -0.2) is 4.79 Å². The van der Waals surface area contributed by atoms with Gasteiger partial charge < -0.3 is 36.2 Å². The van der Waals surface area contributed by atoms with Gasteiger partial charge in [0.15, 0.2) is 0 Å². The molecule has 1 rings (SSSR count). The minimum absolute atomic E-state index is 0.0923. The van der Waals surface area contributed by atoms with E-state index < -0.39 is 65.8 Å². The van der Waals surface area contributed by atoms with E-state index in [4.69, 9.17) is 4.74 Å². The molecule has 0 heterocycles. The second-order valence-corrected chi connectivity index (χ2v) is 17.0. The predicted octanol–water partition coefficient (Wildman–Crippen LogP) is 5.22. The van der Waals surface area contributed by atoms with Gasteiger partial charge in [-0.3, -0.25) is 14.4 Å². The van der Waals surface area contributed by atoms with E-state index in [0.29, 0.717) is 37.9 Å². The number of carbonyl (C=O) groups excluding carboxylic acids is 4. The van der Waals surface area contributed by atoms with E-state index in [1.54, 1.807) is 41.5 Å². The SMILES string of the molecule is CSCC[C@H](NC(=O)[C@@H](NC(=O)OC(C)(C)C)C(C)C)C(=O)N[C@@H](CC(C)C)[C@@H](O)C[C@@H](C)C(=O)N[C@@H](CC(C)C)[C@@H](O)CCc1ccccc1. The van der Waals surface area contributed by atoms with Crippen molar-refractivity contribution in [2.24, 2.45) is 23.7 Å². The molecule has 0 spiro atoms. The highest BCUT2D eigenvalue weighted by Gasteiger charge is 2.33. The van der Waals surface area contributed by atoms with Gasteiger partial charge in [0, 0.05) is 5.92 Å². The van der Waals surface area contributed by atoms with Crippen LogP contribution in [0.25, 0.3) is 0 Å². The highest BCUT2D eigenvalue weighted by Crippen LogP contribution is 2.19. The molecule has 0 saturated heterocycles. The molecule has 1 aromatic rings. The van der Waals surface area contributed by atoms with Crippen LogP contribution in [0, 0.1) is 23.7 Å². The number of alkyl carbamates (subject to hydrolysis) is 1. The maximum absolute atomic E-state index is 13.7. The number of thioether (sulfide) groups is 1. The van der Waals surface area contributed by atoms with E-state index in [-0.39, 0.29) is 30.1 Å². The van der Waals surface area contributed by atoms with Gasteiger partial charge in [-0.15, -0.1) is 0 Å². The summed E-state index contributed by atoms with van der Waals surface area (Å²) in [7, 11) is 0. The van der Waals surface area contributed by atoms with Crippen molar-refractivity contribution in [3.05, 3.63) is 35.9 Å². The summed E-state index contributed by atoms with van der Waals surface area (Å²) < 4.78 is 5.35. The summed E-state index contributed by atoms with van der Waals surface area (Å²) in [5, 5.41) is 34.0. The monoisotopic (exact) mass is 736 g/mol. The first kappa shape index (κ1) is 46.2. The van der Waals surface area contributed by atoms with Crippen molar-refractivity contribution in [2.45, 2.75) is 150 Å². The minimum atomic E-state index is -1.04. The molecule has 0 unspecified atom stereocenters. The van der Waals surface area contributed by atoms with Crippen molar-refractivity contribution in [3.8, 4) is 0 Å². The Hall–Kier alpha value is -2.83. The first-order chi connectivity index (χ1) is 23.7. The average molecular weight is 737 g/mol. The van der Waals surface area contributed by atoms with E-state index in [9.17, 15) is 29.4 Å². The summed E-state index contributed by atoms with van der Waals surface area (Å²) in [5.74, 6) is -1.15. The maximum atomic E-state index is 13.7. The fraction of sp³-hybridized carbons (Fsp3) is 0.744. The number of aliphatic hydroxyl groups is 2. The minimum Gasteiger partial charge on any atom is -0.444 e. The molecule has 0 aliphatic carbocycles. The Balaban J connectivity index is 3.02. The third-order valence-corrected chi connectivity index (χ3v) is 9.16. The Morgan fingerprint density at radius 1 is 0.725 bits per heavy atom. The number of amides is 4. The molecule has 0 aliphatic heterocycles. The maximum Gasteiger partial charge on any atom is 0.408 e. The summed E-state index contributed by atoms with van der Waals surface area (Å²) in [4.78, 5) is 53.1. The fourth-order valence-electron chi connectivity index (χ4n) is 5.78. The Labute approximate surface area is 311 Å². The standard InChI is InChI=1S/C39H68N4O7S/c1-24(2)21-30(32(44)18-17-28-15-13-12-14-16-28)41-35(46)27(7)23-33(45)31(22-25(3)4)42-36(47)29(19-20-51-11)40-37(48)34(26(5)6)43-38(49)50-39(8,9)10/h12-16,24-27,29-34,44-45H,17-23H2,1-11H3,(H,40,48)(H,41,46)(H,42,47)(H,43,49)/t27-,29+,30+,31+,32+,33+,34+/m1/s1. The number of aliphatic hydroxyl groups excluding tert-OH is 2. The first-order valence-corrected chi connectivity index (χ1v) is 19.9. The van der Waals surface area contributed by atoms with E-state index >= 15 is 0 Å². The Morgan fingerprint density at radius 2 is 1.27 bits per heavy atom. The van der Waals surface area contributed by atoms with Crippen molar-refractivity contribution in [3.63, 3.8) is 0 Å². The molecule has 0 fully saturated rings. The Bertz CT molecular complexity index is 1190. The molecular formula is C39H68N4O7S. The second-order valence-electron chi connectivity index (χ2n) is 16.0. The molecule has 0 aliphatic rings. The molecule has 7 atom stereocenters. The number of benzene rings is 1. The fourth-order valence-corrected chi connectivity index (χ4v) is 6.25. The van der Waals surface area contributed by atoms with Crippen LogP contribution in [0.1, 0.15) is 107 Å². The van der Waals surface area contributed by atoms with Crippen LogP contribution < -0.4 is 21.3 Å². The quantitative estimate of drug-likeness (QED) is 0.0944. The lowest BCUT2D eigenvalue weighted by Crippen LogP contribution is -2.58. The van der Waals surface area contributed by atoms with Crippen molar-refractivity contribution >= 4 is 35.6 Å². The summed E-state index contributed by atoms with van der Waals surface area (Å²) >= 11 is 1.53. The van der Waals surface area contributed by atoms with E-state index in [1.807, 2.05) is 64.3 Å². The zero-order chi connectivity index (χ0) is 38.9. The lowest BCUT2D eigenvalue weighted by Gasteiger charge is -2.31. The summed E-state index contributed by atoms with van der Waals surface area (Å²) in [6.45, 7) is 18.6. The molecule has 292 valence electrons. The van der Waals surface area contributed by atoms with Crippen molar-refractivity contribution in [1.29, 1.82) is 0 Å². The largest absolute Gasteiger partial charge is 0.444 e. The predicted molar refractivity (Wildman–Crippen MR) is 206 cm³/mol. The van der Waals surface area contributed by atoms with Gasteiger partial charge in [0.1, 0.15) is 17.7 Å². The number of hydrogen-bond acceptors (Lipinski definition) is 8. The number of aryl methyl sites for hydroxylation is 1. The zero-order valence-electron chi connectivity index (χ0n) is 33.0. The van der Waals surface area contributed by atoms with Crippen molar-refractivity contribution < 1.29 is 34.1 Å². The van der Waals surface area contributed by atoms with Gasteiger partial charge in [0.2, 0.25) is 17.7 Å². The summed E-state index contributed by atoms with van der Waals surface area (Å²) in [6.07, 6.45) is 2.09. The molecule has 6 N–H and O–H groups in total. The summed E-state index contributed by atoms with van der Waals surface area (Å²) in [5.41, 5.74) is 0.376. The van der Waals surface area contributed by atoms with Crippen LogP contribution >= 0.6 is 11.8 Å². The number of carbonyl (C=O) groups is 4. The Kier molecular flexibility index (Phi) is 20.8. The number of hydrogen-bond donors (Lipinski definition) is 6. The van der Waals surface area contributed by atoms with Crippen LogP contribution in [0.2, 0.25) is 0 Å². The lowest BCUT2D eigenvalue weighted by atomic mass is 9.91. The molecule has 1 aromatic carbocycles. The van der Waals surface area contributed by atoms with Gasteiger partial charge in [0.05, 0.1) is 24.3 Å². The number of rotatable bonds is 22. The van der Waals surface area contributed by atoms with Crippen LogP contribution in [-0.4, -0.2) is 88.0 Å². The number of ether oxygens (including phenoxy) is 1. The smallest absolute Gasteiger partial charge is 0.408 e. The molecule has 4 amide bonds. The number of nitrogens with one attached hydrogen (secondary N) is 4. The van der Waals surface area contributed by atoms with Gasteiger partial charge in [-0.1, -0.05) is 78.8 Å². The van der Waals surface area contributed by atoms with E-state index in [1.165, 1.54) is 11.8 Å². The van der Waals surface area contributed by atoms with Gasteiger partial charge >= 0.3 is 6.09 Å². The second kappa shape index (κ2) is 23.0. The van der Waals surface area contributed by atoms with Crippen LogP contribution in [0.3, 0.4) is 0 Å². The molecule has 51 heavy (non-hydrogen) atoms. The van der Waals surface area contributed by atoms with Crippen LogP contribution in [0.4, 0.5) is 4.79 Å².